The Hall–Kier alpha value is -2.64. The summed E-state index contributed by atoms with van der Waals surface area (Å²) < 4.78 is 0. The Morgan fingerprint density at radius 1 is 1.38 bits per heavy atom. The van der Waals surface area contributed by atoms with E-state index in [0.29, 0.717) is 12.0 Å². The topological polar surface area (TPSA) is 113 Å². The summed E-state index contributed by atoms with van der Waals surface area (Å²) in [5.41, 5.74) is 0.397. The van der Waals surface area contributed by atoms with E-state index in [1.807, 2.05) is 0 Å². The van der Waals surface area contributed by atoms with Crippen molar-refractivity contribution in [1.29, 1.82) is 0 Å². The largest absolute Gasteiger partial charge is 0.481 e. The number of rotatable bonds is 7. The van der Waals surface area contributed by atoms with Gasteiger partial charge in [0.2, 0.25) is 0 Å². The highest BCUT2D eigenvalue weighted by Gasteiger charge is 2.16. The molecule has 0 radical (unpaired) electrons. The molecule has 1 aromatic carbocycles. The maximum Gasteiger partial charge on any atom is 0.317 e. The lowest BCUT2D eigenvalue weighted by Gasteiger charge is -2.17. The summed E-state index contributed by atoms with van der Waals surface area (Å²) in [4.78, 5) is 33.8. The number of nitro groups is 1. The van der Waals surface area contributed by atoms with E-state index in [9.17, 15) is 19.7 Å². The third-order valence-corrected chi connectivity index (χ3v) is 2.79. The average Bonchev–Trinajstić information content (AvgIpc) is 2.43. The van der Waals surface area contributed by atoms with Gasteiger partial charge in [-0.3, -0.25) is 14.9 Å². The first-order chi connectivity index (χ1) is 9.91. The van der Waals surface area contributed by atoms with Crippen molar-refractivity contribution in [2.45, 2.75) is 19.4 Å². The molecule has 0 saturated heterocycles. The number of amides is 2. The van der Waals surface area contributed by atoms with Crippen LogP contribution in [0.15, 0.2) is 24.3 Å². The van der Waals surface area contributed by atoms with Gasteiger partial charge in [-0.1, -0.05) is 18.2 Å². The molecule has 8 heteroatoms. The van der Waals surface area contributed by atoms with Gasteiger partial charge in [-0.2, -0.15) is 0 Å². The normalized spacial score (nSPS) is 9.95. The van der Waals surface area contributed by atoms with Crippen LogP contribution in [0.25, 0.3) is 0 Å². The summed E-state index contributed by atoms with van der Waals surface area (Å²) in [6, 6.07) is 5.80. The molecule has 21 heavy (non-hydrogen) atoms. The molecular weight excluding hydrogens is 278 g/mol. The van der Waals surface area contributed by atoms with Gasteiger partial charge >= 0.3 is 12.0 Å². The van der Waals surface area contributed by atoms with E-state index >= 15 is 0 Å². The van der Waals surface area contributed by atoms with E-state index < -0.39 is 16.9 Å². The van der Waals surface area contributed by atoms with Gasteiger partial charge < -0.3 is 15.3 Å². The van der Waals surface area contributed by atoms with Crippen LogP contribution in [-0.2, 0) is 11.3 Å². The minimum atomic E-state index is -0.919. The Kier molecular flexibility index (Phi) is 6.12. The molecule has 0 heterocycles. The number of carboxylic acid groups (broad SMARTS) is 1. The standard InChI is InChI=1S/C13H17N3O5/c1-15(13(19)14-8-4-7-12(17)18)9-10-5-2-3-6-11(10)16(20)21/h2-3,5-6H,4,7-9H2,1H3,(H,14,19)(H,17,18). The molecule has 0 fully saturated rings. The Morgan fingerprint density at radius 3 is 2.67 bits per heavy atom. The Morgan fingerprint density at radius 2 is 2.05 bits per heavy atom. The number of nitrogens with one attached hydrogen (secondary N) is 1. The summed E-state index contributed by atoms with van der Waals surface area (Å²) in [7, 11) is 1.52. The van der Waals surface area contributed by atoms with Crippen molar-refractivity contribution < 1.29 is 19.6 Å². The van der Waals surface area contributed by atoms with Gasteiger partial charge in [-0.05, 0) is 6.42 Å². The van der Waals surface area contributed by atoms with Crippen molar-refractivity contribution >= 4 is 17.7 Å². The zero-order valence-corrected chi connectivity index (χ0v) is 11.6. The highest BCUT2D eigenvalue weighted by Crippen LogP contribution is 2.18. The third-order valence-electron chi connectivity index (χ3n) is 2.79. The van der Waals surface area contributed by atoms with Crippen LogP contribution in [0, 0.1) is 10.1 Å². The van der Waals surface area contributed by atoms with Crippen LogP contribution in [0.5, 0.6) is 0 Å². The predicted octanol–water partition coefficient (Wildman–Crippen LogP) is 1.60. The first kappa shape index (κ1) is 16.4. The van der Waals surface area contributed by atoms with Gasteiger partial charge in [0.25, 0.3) is 5.69 Å². The SMILES string of the molecule is CN(Cc1ccccc1[N+](=O)[O-])C(=O)NCCCC(=O)O. The summed E-state index contributed by atoms with van der Waals surface area (Å²) in [5, 5.41) is 21.9. The molecule has 1 aromatic rings. The zero-order valence-electron chi connectivity index (χ0n) is 11.6. The number of nitro benzene ring substituents is 1. The van der Waals surface area contributed by atoms with Crippen LogP contribution in [0.2, 0.25) is 0 Å². The number of carboxylic acids is 1. The molecule has 8 nitrogen and oxygen atoms in total. The van der Waals surface area contributed by atoms with Crippen LogP contribution in [-0.4, -0.2) is 40.5 Å². The third kappa shape index (κ3) is 5.47. The smallest absolute Gasteiger partial charge is 0.317 e. The molecule has 0 saturated carbocycles. The van der Waals surface area contributed by atoms with Crippen molar-refractivity contribution in [2.75, 3.05) is 13.6 Å². The number of urea groups is 1. The number of carbonyl (C=O) groups is 2. The molecule has 2 amide bonds. The fraction of sp³-hybridized carbons (Fsp3) is 0.385. The zero-order chi connectivity index (χ0) is 15.8. The van der Waals surface area contributed by atoms with Gasteiger partial charge in [0.1, 0.15) is 0 Å². The van der Waals surface area contributed by atoms with Crippen molar-refractivity contribution in [3.63, 3.8) is 0 Å². The van der Waals surface area contributed by atoms with Gasteiger partial charge in [-0.15, -0.1) is 0 Å². The summed E-state index contributed by atoms with van der Waals surface area (Å²) in [5.74, 6) is -0.919. The monoisotopic (exact) mass is 295 g/mol. The van der Waals surface area contributed by atoms with Crippen LogP contribution in [0.4, 0.5) is 10.5 Å². The Labute approximate surface area is 121 Å². The molecule has 114 valence electrons. The van der Waals surface area contributed by atoms with E-state index in [1.165, 1.54) is 18.0 Å². The lowest BCUT2D eigenvalue weighted by atomic mass is 10.2. The molecular formula is C13H17N3O5. The predicted molar refractivity (Wildman–Crippen MR) is 74.8 cm³/mol. The van der Waals surface area contributed by atoms with E-state index in [1.54, 1.807) is 18.2 Å². The molecule has 0 aliphatic heterocycles. The van der Waals surface area contributed by atoms with E-state index in [2.05, 4.69) is 5.32 Å². The summed E-state index contributed by atoms with van der Waals surface area (Å²) >= 11 is 0. The van der Waals surface area contributed by atoms with E-state index in [0.717, 1.165) is 0 Å². The maximum absolute atomic E-state index is 11.8. The van der Waals surface area contributed by atoms with Crippen molar-refractivity contribution in [2.24, 2.45) is 0 Å². The number of benzene rings is 1. The second kappa shape index (κ2) is 7.83. The molecule has 0 aliphatic rings. The van der Waals surface area contributed by atoms with Crippen LogP contribution in [0.3, 0.4) is 0 Å². The Bertz CT molecular complexity index is 532. The van der Waals surface area contributed by atoms with Gasteiger partial charge in [0.05, 0.1) is 11.5 Å². The van der Waals surface area contributed by atoms with Gasteiger partial charge in [-0.25, -0.2) is 4.79 Å². The van der Waals surface area contributed by atoms with Crippen molar-refractivity contribution in [1.82, 2.24) is 10.2 Å². The van der Waals surface area contributed by atoms with Gasteiger partial charge in [0, 0.05) is 31.6 Å². The van der Waals surface area contributed by atoms with E-state index in [4.69, 9.17) is 5.11 Å². The molecule has 0 aliphatic carbocycles. The first-order valence-corrected chi connectivity index (χ1v) is 6.35. The molecule has 0 bridgehead atoms. The van der Waals surface area contributed by atoms with E-state index in [-0.39, 0.29) is 25.2 Å². The quantitative estimate of drug-likeness (QED) is 0.450. The number of hydrogen-bond acceptors (Lipinski definition) is 4. The highest BCUT2D eigenvalue weighted by atomic mass is 16.6. The van der Waals surface area contributed by atoms with Crippen LogP contribution in [0.1, 0.15) is 18.4 Å². The molecule has 0 aromatic heterocycles. The summed E-state index contributed by atoms with van der Waals surface area (Å²) in [6.07, 6.45) is 0.314. The fourth-order valence-corrected chi connectivity index (χ4v) is 1.72. The lowest BCUT2D eigenvalue weighted by molar-refractivity contribution is -0.385. The minimum absolute atomic E-state index is 0.0197. The summed E-state index contributed by atoms with van der Waals surface area (Å²) in [6.45, 7) is 0.342. The lowest BCUT2D eigenvalue weighted by Crippen LogP contribution is -2.37. The Balaban J connectivity index is 2.53. The highest BCUT2D eigenvalue weighted by molar-refractivity contribution is 5.74. The first-order valence-electron chi connectivity index (χ1n) is 6.35. The second-order valence-corrected chi connectivity index (χ2v) is 4.47. The number of carbonyl (C=O) groups excluding carboxylic acids is 1. The number of nitrogens with zero attached hydrogens (tertiary/aromatic N) is 2. The van der Waals surface area contributed by atoms with Crippen molar-refractivity contribution in [3.8, 4) is 0 Å². The van der Waals surface area contributed by atoms with Crippen LogP contribution < -0.4 is 5.32 Å². The number of aliphatic carboxylic acids is 1. The molecule has 0 spiro atoms. The molecule has 0 atom stereocenters. The van der Waals surface area contributed by atoms with Gasteiger partial charge in [0.15, 0.2) is 0 Å². The number of para-hydroxylation sites is 1. The van der Waals surface area contributed by atoms with Crippen LogP contribution >= 0.6 is 0 Å². The fourth-order valence-electron chi connectivity index (χ4n) is 1.72. The number of hydrogen-bond donors (Lipinski definition) is 2. The molecule has 2 N–H and O–H groups in total. The maximum atomic E-state index is 11.8. The minimum Gasteiger partial charge on any atom is -0.481 e. The van der Waals surface area contributed by atoms with Crippen molar-refractivity contribution in [3.05, 3.63) is 39.9 Å². The molecule has 1 rings (SSSR count). The molecule has 0 unspecified atom stereocenters. The average molecular weight is 295 g/mol. The second-order valence-electron chi connectivity index (χ2n) is 4.47.